The molecule has 0 aromatic heterocycles. The summed E-state index contributed by atoms with van der Waals surface area (Å²) in [6, 6.07) is 36.6. The largest absolute Gasteiger partial charge is 0.494 e. The summed E-state index contributed by atoms with van der Waals surface area (Å²) in [6.45, 7) is 4.20. The van der Waals surface area contributed by atoms with Crippen molar-refractivity contribution in [1.29, 1.82) is 0 Å². The van der Waals surface area contributed by atoms with Gasteiger partial charge in [-0.1, -0.05) is 72.8 Å². The molecule has 0 heterocycles. The molecule has 1 atom stereocenters. The van der Waals surface area contributed by atoms with E-state index in [0.717, 1.165) is 11.1 Å². The predicted molar refractivity (Wildman–Crippen MR) is 196 cm³/mol. The normalized spacial score (nSPS) is 11.6. The average molecular weight is 686 g/mol. The summed E-state index contributed by atoms with van der Waals surface area (Å²) in [4.78, 5) is 52.8. The van der Waals surface area contributed by atoms with Gasteiger partial charge in [-0.3, -0.25) is 14.4 Å². The third-order valence-corrected chi connectivity index (χ3v) is 8.71. The van der Waals surface area contributed by atoms with Gasteiger partial charge in [0.1, 0.15) is 16.7 Å². The smallest absolute Gasteiger partial charge is 0.335 e. The summed E-state index contributed by atoms with van der Waals surface area (Å²) in [5, 5.41) is 17.3. The molecule has 3 amide bonds. The highest BCUT2D eigenvalue weighted by Gasteiger charge is 2.24. The van der Waals surface area contributed by atoms with Crippen LogP contribution >= 0.6 is 11.8 Å². The lowest BCUT2D eigenvalue weighted by Gasteiger charge is -2.19. The standard InChI is InChI=1S/C40H35N3O6S/c1-3-49-32-21-18-27(19-22-32)23-35(43-37(44)29-13-8-5-9-14-29)38(45)41-31-15-10-16-33(25-31)50-36(28-11-6-4-7-12-28)39(46)42-34-24-30(40(47)48)20-17-26(34)2/h4-25,36H,3H2,1-2H3,(H,41,45)(H,42,46)(H,43,44)(H,47,48)/b35-23+. The first-order valence-electron chi connectivity index (χ1n) is 15.8. The fourth-order valence-electron chi connectivity index (χ4n) is 4.91. The van der Waals surface area contributed by atoms with E-state index in [2.05, 4.69) is 16.0 Å². The van der Waals surface area contributed by atoms with E-state index in [4.69, 9.17) is 4.74 Å². The molecule has 0 aliphatic rings. The topological polar surface area (TPSA) is 134 Å². The van der Waals surface area contributed by atoms with Gasteiger partial charge in [0.15, 0.2) is 0 Å². The first kappa shape index (κ1) is 35.2. The van der Waals surface area contributed by atoms with Crippen LogP contribution in [-0.4, -0.2) is 35.4 Å². The summed E-state index contributed by atoms with van der Waals surface area (Å²) in [7, 11) is 0. The SMILES string of the molecule is CCOc1ccc(/C=C(/NC(=O)c2ccccc2)C(=O)Nc2cccc(SC(C(=O)Nc3cc(C(=O)O)ccc3C)c3ccccc3)c2)cc1. The molecule has 4 N–H and O–H groups in total. The fourth-order valence-corrected chi connectivity index (χ4v) is 5.99. The number of anilines is 2. The van der Waals surface area contributed by atoms with Gasteiger partial charge in [0, 0.05) is 21.8 Å². The van der Waals surface area contributed by atoms with Gasteiger partial charge in [0.2, 0.25) is 5.91 Å². The number of nitrogens with one attached hydrogen (secondary N) is 3. The number of thioether (sulfide) groups is 1. The second kappa shape index (κ2) is 16.8. The van der Waals surface area contributed by atoms with Gasteiger partial charge in [-0.2, -0.15) is 0 Å². The zero-order chi connectivity index (χ0) is 35.5. The van der Waals surface area contributed by atoms with E-state index in [0.29, 0.717) is 39.8 Å². The van der Waals surface area contributed by atoms with Gasteiger partial charge in [0.25, 0.3) is 11.8 Å². The van der Waals surface area contributed by atoms with Crippen LogP contribution in [0.1, 0.15) is 49.6 Å². The summed E-state index contributed by atoms with van der Waals surface area (Å²) in [5.41, 5.74) is 3.48. The van der Waals surface area contributed by atoms with Gasteiger partial charge in [-0.15, -0.1) is 11.8 Å². The molecule has 0 aliphatic carbocycles. The highest BCUT2D eigenvalue weighted by Crippen LogP contribution is 2.37. The zero-order valence-corrected chi connectivity index (χ0v) is 28.2. The van der Waals surface area contributed by atoms with Crippen molar-refractivity contribution in [2.45, 2.75) is 24.0 Å². The Kier molecular flexibility index (Phi) is 11.8. The van der Waals surface area contributed by atoms with Crippen molar-refractivity contribution < 1.29 is 29.0 Å². The first-order valence-corrected chi connectivity index (χ1v) is 16.7. The second-order valence-electron chi connectivity index (χ2n) is 11.1. The number of carbonyl (C=O) groups is 4. The Morgan fingerprint density at radius 2 is 1.48 bits per heavy atom. The molecular formula is C40H35N3O6S. The molecule has 5 rings (SSSR count). The number of carboxylic acids is 1. The lowest BCUT2D eigenvalue weighted by atomic mass is 10.1. The lowest BCUT2D eigenvalue weighted by Crippen LogP contribution is -2.30. The number of carbonyl (C=O) groups excluding carboxylic acids is 3. The molecular weight excluding hydrogens is 651 g/mol. The molecule has 0 radical (unpaired) electrons. The van der Waals surface area contributed by atoms with Crippen LogP contribution < -0.4 is 20.7 Å². The van der Waals surface area contributed by atoms with E-state index in [1.807, 2.05) is 43.3 Å². The van der Waals surface area contributed by atoms with Gasteiger partial charge in [-0.25, -0.2) is 4.79 Å². The average Bonchev–Trinajstić information content (AvgIpc) is 3.13. The van der Waals surface area contributed by atoms with Crippen molar-refractivity contribution in [3.63, 3.8) is 0 Å². The first-order chi connectivity index (χ1) is 24.2. The van der Waals surface area contributed by atoms with Gasteiger partial charge < -0.3 is 25.8 Å². The molecule has 9 nitrogen and oxygen atoms in total. The Labute approximate surface area is 294 Å². The lowest BCUT2D eigenvalue weighted by molar-refractivity contribution is -0.116. The van der Waals surface area contributed by atoms with Crippen LogP contribution in [0.3, 0.4) is 0 Å². The summed E-state index contributed by atoms with van der Waals surface area (Å²) >= 11 is 1.28. The van der Waals surface area contributed by atoms with E-state index < -0.39 is 23.0 Å². The van der Waals surface area contributed by atoms with Crippen molar-refractivity contribution in [3.05, 3.63) is 161 Å². The number of ether oxygens (including phenoxy) is 1. The molecule has 0 aliphatic heterocycles. The highest BCUT2D eigenvalue weighted by atomic mass is 32.2. The molecule has 1 unspecified atom stereocenters. The van der Waals surface area contributed by atoms with Crippen LogP contribution in [0.5, 0.6) is 5.75 Å². The Bertz CT molecular complexity index is 2010. The van der Waals surface area contributed by atoms with E-state index >= 15 is 0 Å². The Balaban J connectivity index is 1.39. The zero-order valence-electron chi connectivity index (χ0n) is 27.4. The van der Waals surface area contributed by atoms with Crippen LogP contribution in [0.4, 0.5) is 11.4 Å². The Morgan fingerprint density at radius 1 is 0.780 bits per heavy atom. The number of rotatable bonds is 13. The summed E-state index contributed by atoms with van der Waals surface area (Å²) in [5.74, 6) is -1.74. The minimum atomic E-state index is -1.09. The maximum atomic E-state index is 13.7. The second-order valence-corrected chi connectivity index (χ2v) is 12.3. The van der Waals surface area contributed by atoms with Crippen LogP contribution in [0, 0.1) is 6.92 Å². The number of aromatic carboxylic acids is 1. The molecule has 0 bridgehead atoms. The molecule has 0 fully saturated rings. The number of carboxylic acid groups (broad SMARTS) is 1. The number of hydrogen-bond acceptors (Lipinski definition) is 6. The number of aryl methyl sites for hydroxylation is 1. The van der Waals surface area contributed by atoms with Crippen LogP contribution in [0.25, 0.3) is 6.08 Å². The van der Waals surface area contributed by atoms with E-state index in [9.17, 15) is 24.3 Å². The molecule has 252 valence electrons. The quantitative estimate of drug-likeness (QED) is 0.0730. The molecule has 5 aromatic carbocycles. The number of hydrogen-bond donors (Lipinski definition) is 4. The third-order valence-electron chi connectivity index (χ3n) is 7.46. The number of amides is 3. The molecule has 0 spiro atoms. The van der Waals surface area contributed by atoms with Crippen molar-refractivity contribution >= 4 is 52.9 Å². The predicted octanol–water partition coefficient (Wildman–Crippen LogP) is 7.97. The summed E-state index contributed by atoms with van der Waals surface area (Å²) in [6.07, 6.45) is 1.58. The van der Waals surface area contributed by atoms with E-state index in [1.54, 1.807) is 91.9 Å². The van der Waals surface area contributed by atoms with Gasteiger partial charge in [-0.05, 0) is 91.2 Å². The van der Waals surface area contributed by atoms with E-state index in [1.165, 1.54) is 23.9 Å². The number of benzene rings is 5. The minimum Gasteiger partial charge on any atom is -0.494 e. The molecule has 50 heavy (non-hydrogen) atoms. The van der Waals surface area contributed by atoms with Crippen molar-refractivity contribution in [3.8, 4) is 5.75 Å². The molecule has 10 heteroatoms. The summed E-state index contributed by atoms with van der Waals surface area (Å²) < 4.78 is 5.53. The van der Waals surface area contributed by atoms with Crippen molar-refractivity contribution in [1.82, 2.24) is 5.32 Å². The minimum absolute atomic E-state index is 0.0292. The third kappa shape index (κ3) is 9.48. The van der Waals surface area contributed by atoms with Crippen molar-refractivity contribution in [2.75, 3.05) is 17.2 Å². The van der Waals surface area contributed by atoms with Crippen molar-refractivity contribution in [2.24, 2.45) is 0 Å². The van der Waals surface area contributed by atoms with E-state index in [-0.39, 0.29) is 17.2 Å². The fraction of sp³-hybridized carbons (Fsp3) is 0.100. The monoisotopic (exact) mass is 685 g/mol. The molecule has 5 aromatic rings. The molecule has 0 saturated carbocycles. The van der Waals surface area contributed by atoms with Crippen LogP contribution in [0.2, 0.25) is 0 Å². The van der Waals surface area contributed by atoms with Gasteiger partial charge >= 0.3 is 5.97 Å². The maximum absolute atomic E-state index is 13.7. The molecule has 0 saturated heterocycles. The Morgan fingerprint density at radius 3 is 2.16 bits per heavy atom. The van der Waals surface area contributed by atoms with Crippen LogP contribution in [0.15, 0.2) is 138 Å². The Hall–Kier alpha value is -6.13. The highest BCUT2D eigenvalue weighted by molar-refractivity contribution is 8.00. The van der Waals surface area contributed by atoms with Crippen LogP contribution in [-0.2, 0) is 9.59 Å². The maximum Gasteiger partial charge on any atom is 0.335 e. The van der Waals surface area contributed by atoms with Gasteiger partial charge in [0.05, 0.1) is 12.2 Å².